The highest BCUT2D eigenvalue weighted by Gasteiger charge is 2.57. The van der Waals surface area contributed by atoms with E-state index < -0.39 is 5.66 Å². The van der Waals surface area contributed by atoms with Crippen molar-refractivity contribution in [3.8, 4) is 0 Å². The SMILES string of the molecule is Cc1ccc2c(c1)C(C)(C)[C@@]1(C=Cc3ccc(C(C)C)cc3)NC(=O)CCN21. The second-order valence-corrected chi connectivity index (χ2v) is 9.02. The van der Waals surface area contributed by atoms with Gasteiger partial charge in [-0.15, -0.1) is 0 Å². The molecular weight excluding hydrogens is 344 g/mol. The number of amides is 1. The quantitative estimate of drug-likeness (QED) is 0.806. The van der Waals surface area contributed by atoms with Crippen LogP contribution in [0.15, 0.2) is 48.5 Å². The lowest BCUT2D eigenvalue weighted by molar-refractivity contribution is -0.124. The molecule has 0 unspecified atom stereocenters. The zero-order chi connectivity index (χ0) is 20.1. The summed E-state index contributed by atoms with van der Waals surface area (Å²) in [5.41, 5.74) is 5.49. The van der Waals surface area contributed by atoms with E-state index in [0.29, 0.717) is 12.3 Å². The Kier molecular flexibility index (Phi) is 4.37. The van der Waals surface area contributed by atoms with Crippen molar-refractivity contribution in [3.63, 3.8) is 0 Å². The first-order valence-corrected chi connectivity index (χ1v) is 10.2. The fraction of sp³-hybridized carbons (Fsp3) is 0.400. The number of nitrogens with one attached hydrogen (secondary N) is 1. The number of aryl methyl sites for hydroxylation is 1. The molecule has 4 rings (SSSR count). The van der Waals surface area contributed by atoms with Gasteiger partial charge < -0.3 is 10.2 Å². The first kappa shape index (κ1) is 18.8. The van der Waals surface area contributed by atoms with Crippen LogP contribution in [-0.2, 0) is 10.2 Å². The van der Waals surface area contributed by atoms with Gasteiger partial charge in [0, 0.05) is 24.1 Å². The van der Waals surface area contributed by atoms with Crippen LogP contribution in [0.25, 0.3) is 6.08 Å². The van der Waals surface area contributed by atoms with E-state index in [-0.39, 0.29) is 11.3 Å². The molecule has 1 amide bonds. The zero-order valence-corrected chi connectivity index (χ0v) is 17.5. The fourth-order valence-electron chi connectivity index (χ4n) is 4.68. The smallest absolute Gasteiger partial charge is 0.223 e. The molecule has 146 valence electrons. The number of hydrogen-bond donors (Lipinski definition) is 1. The van der Waals surface area contributed by atoms with Crippen LogP contribution in [0.5, 0.6) is 0 Å². The number of anilines is 1. The van der Waals surface area contributed by atoms with E-state index in [1.54, 1.807) is 0 Å². The molecule has 0 radical (unpaired) electrons. The number of rotatable bonds is 3. The molecule has 1 saturated heterocycles. The Bertz CT molecular complexity index is 940. The highest BCUT2D eigenvalue weighted by molar-refractivity contribution is 5.84. The third-order valence-electron chi connectivity index (χ3n) is 6.51. The van der Waals surface area contributed by atoms with Crippen LogP contribution in [0.3, 0.4) is 0 Å². The van der Waals surface area contributed by atoms with Crippen molar-refractivity contribution in [1.29, 1.82) is 0 Å². The molecule has 28 heavy (non-hydrogen) atoms. The van der Waals surface area contributed by atoms with Crippen LogP contribution in [0, 0.1) is 6.92 Å². The van der Waals surface area contributed by atoms with E-state index in [0.717, 1.165) is 12.1 Å². The van der Waals surface area contributed by atoms with Crippen LogP contribution in [0.4, 0.5) is 5.69 Å². The molecule has 0 aromatic heterocycles. The van der Waals surface area contributed by atoms with E-state index in [2.05, 4.69) is 99.5 Å². The van der Waals surface area contributed by atoms with Crippen molar-refractivity contribution in [2.24, 2.45) is 0 Å². The van der Waals surface area contributed by atoms with Crippen LogP contribution < -0.4 is 10.2 Å². The van der Waals surface area contributed by atoms with Gasteiger partial charge in [0.15, 0.2) is 0 Å². The Hall–Kier alpha value is -2.55. The molecule has 1 atom stereocenters. The number of nitrogens with zero attached hydrogens (tertiary/aromatic N) is 1. The summed E-state index contributed by atoms with van der Waals surface area (Å²) in [4.78, 5) is 14.9. The molecule has 2 aliphatic heterocycles. The first-order chi connectivity index (χ1) is 13.2. The number of benzene rings is 2. The molecule has 1 N–H and O–H groups in total. The van der Waals surface area contributed by atoms with Crippen LogP contribution in [0.2, 0.25) is 0 Å². The number of hydrogen-bond acceptors (Lipinski definition) is 2. The predicted molar refractivity (Wildman–Crippen MR) is 117 cm³/mol. The Balaban J connectivity index is 1.78. The fourth-order valence-corrected chi connectivity index (χ4v) is 4.68. The van der Waals surface area contributed by atoms with Gasteiger partial charge >= 0.3 is 0 Å². The normalized spacial score (nSPS) is 23.1. The number of carbonyl (C=O) groups excluding carboxylic acids is 1. The molecule has 0 aliphatic carbocycles. The van der Waals surface area contributed by atoms with Gasteiger partial charge in [-0.3, -0.25) is 4.79 Å². The lowest BCUT2D eigenvalue weighted by Gasteiger charge is -2.49. The molecule has 3 heteroatoms. The first-order valence-electron chi connectivity index (χ1n) is 10.2. The van der Waals surface area contributed by atoms with Gasteiger partial charge in [0.1, 0.15) is 5.66 Å². The van der Waals surface area contributed by atoms with Gasteiger partial charge in [0.2, 0.25) is 5.91 Å². The molecule has 2 aliphatic rings. The molecular formula is C25H30N2O. The third kappa shape index (κ3) is 2.76. The number of fused-ring (bicyclic) bond motifs is 3. The summed E-state index contributed by atoms with van der Waals surface area (Å²) in [6.45, 7) is 11.8. The molecule has 2 aromatic carbocycles. The molecule has 0 spiro atoms. The largest absolute Gasteiger partial charge is 0.344 e. The Morgan fingerprint density at radius 2 is 1.82 bits per heavy atom. The van der Waals surface area contributed by atoms with Crippen molar-refractivity contribution >= 4 is 17.7 Å². The van der Waals surface area contributed by atoms with Crippen molar-refractivity contribution in [3.05, 3.63) is 70.8 Å². The topological polar surface area (TPSA) is 32.3 Å². The van der Waals surface area contributed by atoms with Gasteiger partial charge in [-0.05, 0) is 41.7 Å². The standard InChI is InChI=1S/C25H30N2O/c1-17(2)20-9-7-19(8-10-20)12-14-25-24(4,5)21-16-18(3)6-11-22(21)27(25)15-13-23(28)26-25/h6-12,14,16-17H,13,15H2,1-5H3,(H,26,28)/t25-/m0/s1. The van der Waals surface area contributed by atoms with Crippen molar-refractivity contribution < 1.29 is 4.79 Å². The summed E-state index contributed by atoms with van der Waals surface area (Å²) < 4.78 is 0. The van der Waals surface area contributed by atoms with Crippen molar-refractivity contribution in [2.75, 3.05) is 11.4 Å². The van der Waals surface area contributed by atoms with E-state index in [1.807, 2.05) is 0 Å². The van der Waals surface area contributed by atoms with Gasteiger partial charge in [0.05, 0.1) is 0 Å². The van der Waals surface area contributed by atoms with E-state index in [4.69, 9.17) is 0 Å². The monoisotopic (exact) mass is 374 g/mol. The van der Waals surface area contributed by atoms with E-state index in [9.17, 15) is 4.79 Å². The maximum absolute atomic E-state index is 12.5. The minimum atomic E-state index is -0.546. The summed E-state index contributed by atoms with van der Waals surface area (Å²) in [6, 6.07) is 15.3. The van der Waals surface area contributed by atoms with Crippen LogP contribution >= 0.6 is 0 Å². The summed E-state index contributed by atoms with van der Waals surface area (Å²) >= 11 is 0. The maximum Gasteiger partial charge on any atom is 0.223 e. The van der Waals surface area contributed by atoms with Gasteiger partial charge in [-0.2, -0.15) is 0 Å². The predicted octanol–water partition coefficient (Wildman–Crippen LogP) is 5.15. The number of carbonyl (C=O) groups is 1. The second-order valence-electron chi connectivity index (χ2n) is 9.02. The van der Waals surface area contributed by atoms with Gasteiger partial charge in [-0.25, -0.2) is 0 Å². The zero-order valence-electron chi connectivity index (χ0n) is 17.5. The minimum absolute atomic E-state index is 0.119. The summed E-state index contributed by atoms with van der Waals surface area (Å²) in [5.74, 6) is 0.643. The highest BCUT2D eigenvalue weighted by atomic mass is 16.2. The average molecular weight is 375 g/mol. The summed E-state index contributed by atoms with van der Waals surface area (Å²) in [6.07, 6.45) is 4.88. The molecule has 2 heterocycles. The third-order valence-corrected chi connectivity index (χ3v) is 6.51. The molecule has 0 saturated carbocycles. The molecule has 3 nitrogen and oxygen atoms in total. The lowest BCUT2D eigenvalue weighted by atomic mass is 9.74. The van der Waals surface area contributed by atoms with Gasteiger partial charge in [0.25, 0.3) is 0 Å². The van der Waals surface area contributed by atoms with Crippen molar-refractivity contribution in [1.82, 2.24) is 5.32 Å². The van der Waals surface area contributed by atoms with Crippen molar-refractivity contribution in [2.45, 2.75) is 58.0 Å². The average Bonchev–Trinajstić information content (AvgIpc) is 2.84. The Labute approximate surface area is 168 Å². The Morgan fingerprint density at radius 3 is 2.50 bits per heavy atom. The van der Waals surface area contributed by atoms with E-state index in [1.165, 1.54) is 22.4 Å². The van der Waals surface area contributed by atoms with E-state index >= 15 is 0 Å². The Morgan fingerprint density at radius 1 is 1.11 bits per heavy atom. The van der Waals surface area contributed by atoms with Gasteiger partial charge in [-0.1, -0.05) is 75.7 Å². The lowest BCUT2D eigenvalue weighted by Crippen LogP contribution is -2.68. The molecule has 1 fully saturated rings. The van der Waals surface area contributed by atoms with Crippen LogP contribution in [0.1, 0.15) is 62.3 Å². The molecule has 2 aromatic rings. The minimum Gasteiger partial charge on any atom is -0.344 e. The summed E-state index contributed by atoms with van der Waals surface area (Å²) in [7, 11) is 0. The van der Waals surface area contributed by atoms with Crippen LogP contribution in [-0.4, -0.2) is 18.1 Å². The molecule has 0 bridgehead atoms. The maximum atomic E-state index is 12.5. The second kappa shape index (κ2) is 6.51. The highest BCUT2D eigenvalue weighted by Crippen LogP contribution is 2.52. The summed E-state index contributed by atoms with van der Waals surface area (Å²) in [5, 5.41) is 3.35.